The second-order valence-corrected chi connectivity index (χ2v) is 5.91. The molecular weight excluding hydrogens is 358 g/mol. The minimum atomic E-state index is -0.313. The molecule has 1 amide bonds. The molecule has 0 saturated heterocycles. The van der Waals surface area contributed by atoms with Crippen LogP contribution in [0.3, 0.4) is 0 Å². The van der Waals surface area contributed by atoms with Gasteiger partial charge in [-0.15, -0.1) is 0 Å². The largest absolute Gasteiger partial charge is 0.496 e. The third-order valence-corrected chi connectivity index (χ3v) is 4.21. The monoisotopic (exact) mass is 375 g/mol. The van der Waals surface area contributed by atoms with E-state index >= 15 is 0 Å². The van der Waals surface area contributed by atoms with E-state index in [1.54, 1.807) is 54.7 Å². The first kappa shape index (κ1) is 17.5. The van der Waals surface area contributed by atoms with Gasteiger partial charge >= 0.3 is 0 Å². The average Bonchev–Trinajstić information content (AvgIpc) is 3.18. The summed E-state index contributed by atoms with van der Waals surface area (Å²) < 4.78 is 16.4. The van der Waals surface area contributed by atoms with E-state index in [-0.39, 0.29) is 5.91 Å². The molecule has 0 atom stereocenters. The lowest BCUT2D eigenvalue weighted by molar-refractivity contribution is 0.102. The SMILES string of the molecule is COc1ccc(-c2nc3ncccc3o2)cc1NC(=O)c1ccccc1OC. The van der Waals surface area contributed by atoms with Gasteiger partial charge in [0.05, 0.1) is 25.5 Å². The number of pyridine rings is 1. The number of rotatable bonds is 5. The van der Waals surface area contributed by atoms with Gasteiger partial charge in [-0.3, -0.25) is 4.79 Å². The zero-order valence-corrected chi connectivity index (χ0v) is 15.3. The van der Waals surface area contributed by atoms with Crippen molar-refractivity contribution in [1.82, 2.24) is 9.97 Å². The third-order valence-electron chi connectivity index (χ3n) is 4.21. The second kappa shape index (κ2) is 7.40. The molecule has 2 aromatic carbocycles. The molecule has 2 aromatic heterocycles. The van der Waals surface area contributed by atoms with Crippen LogP contribution in [0, 0.1) is 0 Å². The molecule has 1 N–H and O–H groups in total. The van der Waals surface area contributed by atoms with Crippen LogP contribution in [0.1, 0.15) is 10.4 Å². The van der Waals surface area contributed by atoms with Crippen LogP contribution < -0.4 is 14.8 Å². The number of nitrogens with zero attached hydrogens (tertiary/aromatic N) is 2. The van der Waals surface area contributed by atoms with Crippen molar-refractivity contribution < 1.29 is 18.7 Å². The summed E-state index contributed by atoms with van der Waals surface area (Å²) in [6.45, 7) is 0. The lowest BCUT2D eigenvalue weighted by atomic mass is 10.1. The number of para-hydroxylation sites is 1. The van der Waals surface area contributed by atoms with Crippen molar-refractivity contribution in [1.29, 1.82) is 0 Å². The van der Waals surface area contributed by atoms with E-state index < -0.39 is 0 Å². The number of hydrogen-bond donors (Lipinski definition) is 1. The topological polar surface area (TPSA) is 86.5 Å². The number of benzene rings is 2. The van der Waals surface area contributed by atoms with E-state index in [1.807, 2.05) is 6.07 Å². The lowest BCUT2D eigenvalue weighted by Gasteiger charge is -2.13. The van der Waals surface area contributed by atoms with Gasteiger partial charge < -0.3 is 19.2 Å². The van der Waals surface area contributed by atoms with Crippen LogP contribution in [-0.2, 0) is 0 Å². The Morgan fingerprint density at radius 1 is 1.00 bits per heavy atom. The van der Waals surface area contributed by atoms with Crippen molar-refractivity contribution in [3.63, 3.8) is 0 Å². The molecule has 28 heavy (non-hydrogen) atoms. The molecule has 0 spiro atoms. The van der Waals surface area contributed by atoms with Crippen LogP contribution >= 0.6 is 0 Å². The quantitative estimate of drug-likeness (QED) is 0.564. The zero-order valence-electron chi connectivity index (χ0n) is 15.3. The van der Waals surface area contributed by atoms with Crippen LogP contribution in [0.4, 0.5) is 5.69 Å². The Morgan fingerprint density at radius 2 is 1.82 bits per heavy atom. The van der Waals surface area contributed by atoms with E-state index in [4.69, 9.17) is 13.9 Å². The maximum Gasteiger partial charge on any atom is 0.259 e. The first-order valence-electron chi connectivity index (χ1n) is 8.54. The molecule has 0 aliphatic heterocycles. The molecule has 2 heterocycles. The number of carbonyl (C=O) groups excluding carboxylic acids is 1. The molecule has 0 radical (unpaired) electrons. The number of aromatic nitrogens is 2. The molecule has 0 aliphatic carbocycles. The molecule has 0 saturated carbocycles. The molecular formula is C21H17N3O4. The van der Waals surface area contributed by atoms with E-state index in [2.05, 4.69) is 15.3 Å². The minimum absolute atomic E-state index is 0.313. The lowest BCUT2D eigenvalue weighted by Crippen LogP contribution is -2.13. The molecule has 0 aliphatic rings. The van der Waals surface area contributed by atoms with Gasteiger partial charge in [0.25, 0.3) is 5.91 Å². The maximum absolute atomic E-state index is 12.8. The Hall–Kier alpha value is -3.87. The second-order valence-electron chi connectivity index (χ2n) is 5.91. The van der Waals surface area contributed by atoms with Crippen molar-refractivity contribution in [2.75, 3.05) is 19.5 Å². The highest BCUT2D eigenvalue weighted by molar-refractivity contribution is 6.07. The van der Waals surface area contributed by atoms with Gasteiger partial charge in [0.1, 0.15) is 11.5 Å². The highest BCUT2D eigenvalue weighted by Gasteiger charge is 2.16. The first-order chi connectivity index (χ1) is 13.7. The number of oxazole rings is 1. The van der Waals surface area contributed by atoms with Crippen LogP contribution in [0.25, 0.3) is 22.7 Å². The van der Waals surface area contributed by atoms with Crippen LogP contribution in [0.5, 0.6) is 11.5 Å². The molecule has 0 bridgehead atoms. The zero-order chi connectivity index (χ0) is 19.5. The highest BCUT2D eigenvalue weighted by atomic mass is 16.5. The van der Waals surface area contributed by atoms with Gasteiger partial charge in [-0.05, 0) is 42.5 Å². The summed E-state index contributed by atoms with van der Waals surface area (Å²) in [5, 5.41) is 2.87. The summed E-state index contributed by atoms with van der Waals surface area (Å²) in [7, 11) is 3.06. The van der Waals surface area contributed by atoms with Gasteiger partial charge in [-0.1, -0.05) is 12.1 Å². The molecule has 140 valence electrons. The summed E-state index contributed by atoms with van der Waals surface area (Å²) >= 11 is 0. The van der Waals surface area contributed by atoms with Crippen molar-refractivity contribution in [2.24, 2.45) is 0 Å². The predicted molar refractivity (Wildman–Crippen MR) is 105 cm³/mol. The Kier molecular flexibility index (Phi) is 4.63. The van der Waals surface area contributed by atoms with Gasteiger partial charge in [0.2, 0.25) is 5.89 Å². The Balaban J connectivity index is 1.70. The molecule has 4 aromatic rings. The summed E-state index contributed by atoms with van der Waals surface area (Å²) in [5.74, 6) is 1.10. The van der Waals surface area contributed by atoms with Crippen LogP contribution in [0.2, 0.25) is 0 Å². The molecule has 0 fully saturated rings. The number of hydrogen-bond acceptors (Lipinski definition) is 6. The average molecular weight is 375 g/mol. The number of amides is 1. The fourth-order valence-electron chi connectivity index (χ4n) is 2.85. The van der Waals surface area contributed by atoms with Crippen molar-refractivity contribution in [3.05, 3.63) is 66.4 Å². The number of fused-ring (bicyclic) bond motifs is 1. The minimum Gasteiger partial charge on any atom is -0.496 e. The van der Waals surface area contributed by atoms with Gasteiger partial charge in [0, 0.05) is 11.8 Å². The molecule has 0 unspecified atom stereocenters. The van der Waals surface area contributed by atoms with Crippen molar-refractivity contribution in [3.8, 4) is 23.0 Å². The fraction of sp³-hybridized carbons (Fsp3) is 0.0952. The van der Waals surface area contributed by atoms with Gasteiger partial charge in [-0.2, -0.15) is 4.98 Å². The van der Waals surface area contributed by atoms with E-state index in [1.165, 1.54) is 14.2 Å². The number of carbonyl (C=O) groups is 1. The van der Waals surface area contributed by atoms with Gasteiger partial charge in [0.15, 0.2) is 11.2 Å². The standard InChI is InChI=1S/C21H17N3O4/c1-26-16-7-4-3-6-14(16)20(25)23-15-12-13(9-10-17(15)27-2)21-24-19-18(28-21)8-5-11-22-19/h3-12H,1-2H3,(H,23,25). The van der Waals surface area contributed by atoms with Gasteiger partial charge in [-0.25, -0.2) is 4.98 Å². The number of methoxy groups -OCH3 is 2. The van der Waals surface area contributed by atoms with Crippen molar-refractivity contribution in [2.45, 2.75) is 0 Å². The Morgan fingerprint density at radius 3 is 2.61 bits per heavy atom. The number of ether oxygens (including phenoxy) is 2. The summed E-state index contributed by atoms with van der Waals surface area (Å²) in [6, 6.07) is 15.9. The van der Waals surface area contributed by atoms with Crippen molar-refractivity contribution >= 4 is 22.8 Å². The Labute approximate surface area is 160 Å². The normalized spacial score (nSPS) is 10.6. The molecule has 4 rings (SSSR count). The molecule has 7 heteroatoms. The fourth-order valence-corrected chi connectivity index (χ4v) is 2.85. The Bertz CT molecular complexity index is 1120. The predicted octanol–water partition coefficient (Wildman–Crippen LogP) is 4.16. The summed E-state index contributed by atoms with van der Waals surface area (Å²) in [6.07, 6.45) is 1.65. The third kappa shape index (κ3) is 3.25. The van der Waals surface area contributed by atoms with Crippen LogP contribution in [-0.4, -0.2) is 30.1 Å². The van der Waals surface area contributed by atoms with Crippen LogP contribution in [0.15, 0.2) is 65.2 Å². The highest BCUT2D eigenvalue weighted by Crippen LogP contribution is 2.32. The summed E-state index contributed by atoms with van der Waals surface area (Å²) in [4.78, 5) is 21.3. The number of nitrogens with one attached hydrogen (secondary N) is 1. The number of anilines is 1. The van der Waals surface area contributed by atoms with E-state index in [0.29, 0.717) is 45.4 Å². The van der Waals surface area contributed by atoms with E-state index in [0.717, 1.165) is 0 Å². The maximum atomic E-state index is 12.8. The smallest absolute Gasteiger partial charge is 0.259 e. The molecule has 7 nitrogen and oxygen atoms in total. The first-order valence-corrected chi connectivity index (χ1v) is 8.54. The summed E-state index contributed by atoms with van der Waals surface area (Å²) in [5.41, 5.74) is 2.71. The van der Waals surface area contributed by atoms with E-state index in [9.17, 15) is 4.79 Å².